The molecule has 0 aliphatic heterocycles. The van der Waals surface area contributed by atoms with Gasteiger partial charge >= 0.3 is 0 Å². The van der Waals surface area contributed by atoms with Gasteiger partial charge in [-0.2, -0.15) is 0 Å². The molecule has 33 heavy (non-hydrogen) atoms. The molecule has 1 N–H and O–H groups in total. The van der Waals surface area contributed by atoms with Crippen molar-refractivity contribution in [2.75, 3.05) is 5.32 Å². The van der Waals surface area contributed by atoms with Gasteiger partial charge in [-0.25, -0.2) is 9.37 Å². The number of benzene rings is 3. The number of anilines is 1. The van der Waals surface area contributed by atoms with Crippen LogP contribution in [0.3, 0.4) is 0 Å². The Balaban J connectivity index is 1.43. The summed E-state index contributed by atoms with van der Waals surface area (Å²) in [4.78, 5) is 30.6. The first-order valence-electron chi connectivity index (χ1n) is 10.3. The van der Waals surface area contributed by atoms with Crippen LogP contribution >= 0.6 is 11.3 Å². The Morgan fingerprint density at radius 1 is 0.909 bits per heavy atom. The van der Waals surface area contributed by atoms with Crippen molar-refractivity contribution < 1.29 is 9.18 Å². The largest absolute Gasteiger partial charge is 0.325 e. The van der Waals surface area contributed by atoms with Crippen LogP contribution < -0.4 is 10.9 Å². The van der Waals surface area contributed by atoms with Gasteiger partial charge < -0.3 is 5.32 Å². The molecule has 5 rings (SSSR count). The predicted molar refractivity (Wildman–Crippen MR) is 130 cm³/mol. The maximum absolute atomic E-state index is 13.2. The number of carbonyl (C=O) groups is 1. The van der Waals surface area contributed by atoms with Gasteiger partial charge in [0.2, 0.25) is 5.91 Å². The van der Waals surface area contributed by atoms with Crippen molar-refractivity contribution in [3.05, 3.63) is 107 Å². The van der Waals surface area contributed by atoms with Gasteiger partial charge in [0.15, 0.2) is 0 Å². The minimum atomic E-state index is -0.395. The summed E-state index contributed by atoms with van der Waals surface area (Å²) in [6, 6.07) is 23.6. The van der Waals surface area contributed by atoms with Crippen LogP contribution in [0.15, 0.2) is 95.4 Å². The van der Waals surface area contributed by atoms with E-state index in [9.17, 15) is 14.0 Å². The minimum absolute atomic E-state index is 0.193. The molecule has 0 unspecified atom stereocenters. The van der Waals surface area contributed by atoms with Crippen LogP contribution in [0, 0.1) is 5.82 Å². The third kappa shape index (κ3) is 4.31. The van der Waals surface area contributed by atoms with E-state index < -0.39 is 5.91 Å². The molecule has 0 atom stereocenters. The first-order valence-corrected chi connectivity index (χ1v) is 11.1. The van der Waals surface area contributed by atoms with E-state index >= 15 is 0 Å². The second-order valence-corrected chi connectivity index (χ2v) is 8.36. The fraction of sp³-hybridized carbons (Fsp3) is 0.0385. The molecule has 0 aliphatic rings. The van der Waals surface area contributed by atoms with Crippen LogP contribution in [-0.4, -0.2) is 15.5 Å². The normalized spacial score (nSPS) is 10.9. The van der Waals surface area contributed by atoms with Gasteiger partial charge in [-0.3, -0.25) is 14.2 Å². The fourth-order valence-corrected chi connectivity index (χ4v) is 4.56. The summed E-state index contributed by atoms with van der Waals surface area (Å²) in [6.07, 6.45) is 1.38. The van der Waals surface area contributed by atoms with Crippen molar-refractivity contribution in [1.29, 1.82) is 0 Å². The summed E-state index contributed by atoms with van der Waals surface area (Å²) >= 11 is 1.39. The number of halogens is 1. The number of fused-ring (bicyclic) bond motifs is 1. The average Bonchev–Trinajstić information content (AvgIpc) is 3.28. The van der Waals surface area contributed by atoms with Crippen LogP contribution in [0.25, 0.3) is 32.5 Å². The van der Waals surface area contributed by atoms with Crippen molar-refractivity contribution in [2.24, 2.45) is 0 Å². The third-order valence-electron chi connectivity index (χ3n) is 5.31. The Kier molecular flexibility index (Phi) is 5.54. The van der Waals surface area contributed by atoms with E-state index in [-0.39, 0.29) is 17.9 Å². The van der Waals surface area contributed by atoms with Crippen molar-refractivity contribution >= 4 is 33.1 Å². The van der Waals surface area contributed by atoms with Crippen molar-refractivity contribution in [2.45, 2.75) is 6.54 Å². The lowest BCUT2D eigenvalue weighted by Gasteiger charge is -2.08. The van der Waals surface area contributed by atoms with E-state index in [0.29, 0.717) is 15.9 Å². The highest BCUT2D eigenvalue weighted by atomic mass is 32.1. The molecular weight excluding hydrogens is 437 g/mol. The van der Waals surface area contributed by atoms with Gasteiger partial charge in [0.25, 0.3) is 5.56 Å². The maximum atomic E-state index is 13.2. The summed E-state index contributed by atoms with van der Waals surface area (Å²) in [5, 5.41) is 5.07. The lowest BCUT2D eigenvalue weighted by Crippen LogP contribution is -2.27. The van der Waals surface area contributed by atoms with E-state index in [1.54, 1.807) is 0 Å². The van der Waals surface area contributed by atoms with E-state index in [1.165, 1.54) is 46.5 Å². The maximum Gasteiger partial charge on any atom is 0.263 e. The molecule has 0 saturated carbocycles. The Bertz CT molecular complexity index is 1490. The van der Waals surface area contributed by atoms with Crippen LogP contribution in [0.5, 0.6) is 0 Å². The molecule has 0 radical (unpaired) electrons. The zero-order chi connectivity index (χ0) is 22.8. The predicted octanol–water partition coefficient (Wildman–Crippen LogP) is 5.57. The summed E-state index contributed by atoms with van der Waals surface area (Å²) in [6.45, 7) is -0.193. The molecular formula is C26H18FN3O2S. The number of hydrogen-bond donors (Lipinski definition) is 1. The molecule has 0 bridgehead atoms. The minimum Gasteiger partial charge on any atom is -0.325 e. The van der Waals surface area contributed by atoms with Crippen LogP contribution in [0.1, 0.15) is 0 Å². The van der Waals surface area contributed by atoms with Crippen molar-refractivity contribution in [3.8, 4) is 22.3 Å². The lowest BCUT2D eigenvalue weighted by atomic mass is 10.0. The molecule has 7 heteroatoms. The smallest absolute Gasteiger partial charge is 0.263 e. The molecule has 2 heterocycles. The highest BCUT2D eigenvalue weighted by molar-refractivity contribution is 7.17. The van der Waals surface area contributed by atoms with Crippen molar-refractivity contribution in [1.82, 2.24) is 9.55 Å². The van der Waals surface area contributed by atoms with Gasteiger partial charge in [-0.05, 0) is 41.0 Å². The number of nitrogens with zero attached hydrogens (tertiary/aromatic N) is 2. The fourth-order valence-electron chi connectivity index (χ4n) is 3.65. The van der Waals surface area contributed by atoms with Gasteiger partial charge in [0, 0.05) is 16.6 Å². The Hall–Kier alpha value is -4.10. The Labute approximate surface area is 192 Å². The summed E-state index contributed by atoms with van der Waals surface area (Å²) in [5.41, 5.74) is 4.09. The van der Waals surface area contributed by atoms with Gasteiger partial charge in [0.05, 0.1) is 11.7 Å². The molecule has 1 amide bonds. The first kappa shape index (κ1) is 20.8. The Morgan fingerprint density at radius 3 is 2.30 bits per heavy atom. The van der Waals surface area contributed by atoms with Gasteiger partial charge in [-0.15, -0.1) is 11.3 Å². The van der Waals surface area contributed by atoms with E-state index in [4.69, 9.17) is 0 Å². The monoisotopic (exact) mass is 455 g/mol. The number of amides is 1. The van der Waals surface area contributed by atoms with Crippen LogP contribution in [0.2, 0.25) is 0 Å². The van der Waals surface area contributed by atoms with E-state index in [1.807, 2.05) is 47.8 Å². The number of carbonyl (C=O) groups excluding carboxylic acids is 1. The quantitative estimate of drug-likeness (QED) is 0.377. The number of hydrogen-bond acceptors (Lipinski definition) is 4. The molecule has 0 saturated heterocycles. The molecule has 0 fully saturated rings. The lowest BCUT2D eigenvalue weighted by molar-refractivity contribution is -0.116. The standard InChI is InChI=1S/C26H18FN3O2S/c27-20-10-12-21(13-11-20)29-23(31)14-30-16-28-25-24(26(30)32)22(15-33-25)19-8-6-18(7-9-19)17-4-2-1-3-5-17/h1-13,15-16H,14H2,(H,29,31). The summed E-state index contributed by atoms with van der Waals surface area (Å²) in [7, 11) is 0. The second-order valence-electron chi connectivity index (χ2n) is 7.51. The van der Waals surface area contributed by atoms with Gasteiger partial charge in [0.1, 0.15) is 17.2 Å². The Morgan fingerprint density at radius 2 is 1.58 bits per heavy atom. The highest BCUT2D eigenvalue weighted by Gasteiger charge is 2.15. The summed E-state index contributed by atoms with van der Waals surface area (Å²) < 4.78 is 14.3. The second kappa shape index (κ2) is 8.80. The van der Waals surface area contributed by atoms with Crippen molar-refractivity contribution in [3.63, 3.8) is 0 Å². The number of thiophene rings is 1. The number of aromatic nitrogens is 2. The average molecular weight is 456 g/mol. The van der Waals surface area contributed by atoms with E-state index in [2.05, 4.69) is 22.4 Å². The molecule has 3 aromatic carbocycles. The molecule has 162 valence electrons. The third-order valence-corrected chi connectivity index (χ3v) is 6.19. The van der Waals surface area contributed by atoms with Gasteiger partial charge in [-0.1, -0.05) is 54.6 Å². The SMILES string of the molecule is O=C(Cn1cnc2scc(-c3ccc(-c4ccccc4)cc3)c2c1=O)Nc1ccc(F)cc1. The zero-order valence-corrected chi connectivity index (χ0v) is 18.2. The molecule has 5 aromatic rings. The highest BCUT2D eigenvalue weighted by Crippen LogP contribution is 2.32. The number of rotatable bonds is 5. The number of nitrogens with one attached hydrogen (secondary N) is 1. The molecule has 2 aromatic heterocycles. The first-order chi connectivity index (χ1) is 16.1. The molecule has 0 spiro atoms. The van der Waals surface area contributed by atoms with Crippen LogP contribution in [-0.2, 0) is 11.3 Å². The molecule has 5 nitrogen and oxygen atoms in total. The summed E-state index contributed by atoms with van der Waals surface area (Å²) in [5.74, 6) is -0.783. The topological polar surface area (TPSA) is 64.0 Å². The van der Waals surface area contributed by atoms with Crippen LogP contribution in [0.4, 0.5) is 10.1 Å². The zero-order valence-electron chi connectivity index (χ0n) is 17.4. The van der Waals surface area contributed by atoms with E-state index in [0.717, 1.165) is 22.3 Å². The molecule has 0 aliphatic carbocycles.